The summed E-state index contributed by atoms with van der Waals surface area (Å²) in [4.78, 5) is 6.70. The summed E-state index contributed by atoms with van der Waals surface area (Å²) in [5.74, 6) is 0.277. The number of piperazine rings is 1. The Balaban J connectivity index is 1.69. The Hall–Kier alpha value is -2.22. The van der Waals surface area contributed by atoms with Crippen molar-refractivity contribution in [3.05, 3.63) is 23.5 Å². The van der Waals surface area contributed by atoms with Crippen molar-refractivity contribution in [1.29, 1.82) is 0 Å². The van der Waals surface area contributed by atoms with Gasteiger partial charge in [0.2, 0.25) is 10.0 Å². The summed E-state index contributed by atoms with van der Waals surface area (Å²) in [6.45, 7) is 8.81. The number of alkyl halides is 2. The van der Waals surface area contributed by atoms with Gasteiger partial charge < -0.3 is 10.2 Å². The fraction of sp³-hybridized carbons (Fsp3) is 0.571. The second kappa shape index (κ2) is 8.18. The average Bonchev–Trinajstić information content (AvgIpc) is 3.17. The molecule has 0 bridgehead atoms. The number of imidazole rings is 1. The molecule has 9 nitrogen and oxygen atoms in total. The first-order valence-electron chi connectivity index (χ1n) is 11.2. The van der Waals surface area contributed by atoms with E-state index in [1.807, 2.05) is 6.92 Å². The lowest BCUT2D eigenvalue weighted by Gasteiger charge is -2.43. The number of aromatic nitrogens is 4. The number of nitrogens with zero attached hydrogens (tertiary/aromatic N) is 5. The Morgan fingerprint density at radius 3 is 2.65 bits per heavy atom. The van der Waals surface area contributed by atoms with Gasteiger partial charge in [0.15, 0.2) is 15.8 Å². The molecule has 1 saturated heterocycles. The summed E-state index contributed by atoms with van der Waals surface area (Å²) >= 11 is 0.745. The molecule has 0 spiro atoms. The van der Waals surface area contributed by atoms with E-state index in [1.54, 1.807) is 16.7 Å². The number of nitrogens with one attached hydrogen (secondary N) is 2. The minimum Gasteiger partial charge on any atom is -0.364 e. The molecule has 0 unspecified atom stereocenters. The molecule has 2 fully saturated rings. The predicted molar refractivity (Wildman–Crippen MR) is 126 cm³/mol. The first-order chi connectivity index (χ1) is 16.0. The van der Waals surface area contributed by atoms with Crippen LogP contribution >= 0.6 is 11.3 Å². The van der Waals surface area contributed by atoms with Gasteiger partial charge >= 0.3 is 0 Å². The summed E-state index contributed by atoms with van der Waals surface area (Å²) in [6, 6.07) is 2.12. The molecule has 2 aliphatic rings. The fourth-order valence-corrected chi connectivity index (χ4v) is 6.54. The van der Waals surface area contributed by atoms with Crippen LogP contribution in [0.15, 0.2) is 23.4 Å². The van der Waals surface area contributed by atoms with Crippen LogP contribution in [-0.2, 0) is 10.0 Å². The lowest BCUT2D eigenvalue weighted by Crippen LogP contribution is -2.59. The van der Waals surface area contributed by atoms with Crippen molar-refractivity contribution in [2.45, 2.75) is 75.5 Å². The number of hydrogen-bond acceptors (Lipinski definition) is 8. The third-order valence-electron chi connectivity index (χ3n) is 6.65. The topological polar surface area (TPSA) is 105 Å². The van der Waals surface area contributed by atoms with Gasteiger partial charge in [-0.3, -0.25) is 4.40 Å². The van der Waals surface area contributed by atoms with E-state index in [0.29, 0.717) is 17.7 Å². The van der Waals surface area contributed by atoms with Gasteiger partial charge in [-0.25, -0.2) is 26.9 Å². The van der Waals surface area contributed by atoms with Crippen molar-refractivity contribution in [1.82, 2.24) is 29.6 Å². The van der Waals surface area contributed by atoms with E-state index in [-0.39, 0.29) is 33.9 Å². The normalized spacial score (nSPS) is 24.8. The average molecular weight is 512 g/mol. The SMILES string of the molecule is C[C@@H]1CN(c2cc(S(=O)(=O)NC3(C)CC3)cn3c(-c4nnc(C(F)F)s4)ncc23)[C@H](C)[C@@H](C)N1. The molecule has 1 aliphatic heterocycles. The summed E-state index contributed by atoms with van der Waals surface area (Å²) in [6.07, 6.45) is 1.94. The molecule has 184 valence electrons. The molecule has 0 amide bonds. The molecule has 2 N–H and O–H groups in total. The highest BCUT2D eigenvalue weighted by Gasteiger charge is 2.42. The van der Waals surface area contributed by atoms with Crippen molar-refractivity contribution in [2.24, 2.45) is 0 Å². The van der Waals surface area contributed by atoms with Gasteiger partial charge in [0.05, 0.1) is 17.4 Å². The van der Waals surface area contributed by atoms with Crippen LogP contribution in [0, 0.1) is 0 Å². The van der Waals surface area contributed by atoms with Crippen molar-refractivity contribution in [2.75, 3.05) is 11.4 Å². The van der Waals surface area contributed by atoms with Crippen molar-refractivity contribution >= 4 is 32.6 Å². The molecule has 5 rings (SSSR count). The van der Waals surface area contributed by atoms with Crippen LogP contribution in [0.3, 0.4) is 0 Å². The Bertz CT molecular complexity index is 1340. The third-order valence-corrected chi connectivity index (χ3v) is 9.18. The molecule has 3 aromatic rings. The van der Waals surface area contributed by atoms with Crippen LogP contribution in [0.25, 0.3) is 16.3 Å². The van der Waals surface area contributed by atoms with E-state index in [4.69, 9.17) is 0 Å². The van der Waals surface area contributed by atoms with E-state index >= 15 is 0 Å². The number of halogens is 2. The first-order valence-corrected chi connectivity index (χ1v) is 13.5. The number of fused-ring (bicyclic) bond motifs is 1. The molecule has 1 aliphatic carbocycles. The van der Waals surface area contributed by atoms with Crippen LogP contribution in [0.5, 0.6) is 0 Å². The van der Waals surface area contributed by atoms with Gasteiger partial charge in [0, 0.05) is 36.4 Å². The lowest BCUT2D eigenvalue weighted by molar-refractivity contribution is 0.150. The van der Waals surface area contributed by atoms with Gasteiger partial charge in [-0.05, 0) is 46.6 Å². The standard InChI is InChI=1S/C21H27F2N7O2S2/c1-11-9-29(13(3)12(2)25-11)15-7-14(34(31,32)28-21(4)5-6-21)10-30-16(15)8-24-18(30)20-27-26-19(33-20)17(22)23/h7-8,10-13,17,25,28H,5-6,9H2,1-4H3/t11-,12-,13-/m1/s1. The summed E-state index contributed by atoms with van der Waals surface area (Å²) in [5, 5.41) is 10.8. The van der Waals surface area contributed by atoms with Crippen molar-refractivity contribution < 1.29 is 17.2 Å². The maximum atomic E-state index is 13.3. The maximum absolute atomic E-state index is 13.3. The van der Waals surface area contributed by atoms with Gasteiger partial charge in [0.1, 0.15) is 4.90 Å². The number of hydrogen-bond donors (Lipinski definition) is 2. The molecule has 3 aromatic heterocycles. The number of pyridine rings is 1. The van der Waals surface area contributed by atoms with E-state index in [1.165, 1.54) is 6.20 Å². The zero-order chi connectivity index (χ0) is 24.4. The van der Waals surface area contributed by atoms with Crippen molar-refractivity contribution in [3.8, 4) is 10.8 Å². The van der Waals surface area contributed by atoms with Crippen LogP contribution in [0.1, 0.15) is 52.0 Å². The molecule has 3 atom stereocenters. The second-order valence-electron chi connectivity index (χ2n) is 9.56. The van der Waals surface area contributed by atoms with Crippen LogP contribution in [-0.4, -0.2) is 58.2 Å². The molecule has 0 aromatic carbocycles. The second-order valence-corrected chi connectivity index (χ2v) is 12.3. The van der Waals surface area contributed by atoms with E-state index < -0.39 is 27.0 Å². The molecule has 1 saturated carbocycles. The number of sulfonamides is 1. The Morgan fingerprint density at radius 2 is 2.00 bits per heavy atom. The van der Waals surface area contributed by atoms with E-state index in [9.17, 15) is 17.2 Å². The van der Waals surface area contributed by atoms with Gasteiger partial charge in [-0.1, -0.05) is 11.3 Å². The largest absolute Gasteiger partial charge is 0.364 e. The zero-order valence-electron chi connectivity index (χ0n) is 19.3. The highest BCUT2D eigenvalue weighted by atomic mass is 32.2. The molecular formula is C21H27F2N7O2S2. The highest BCUT2D eigenvalue weighted by Crippen LogP contribution is 2.38. The van der Waals surface area contributed by atoms with Crippen LogP contribution in [0.2, 0.25) is 0 Å². The predicted octanol–water partition coefficient (Wildman–Crippen LogP) is 3.20. The molecule has 0 radical (unpaired) electrons. The van der Waals surface area contributed by atoms with Crippen LogP contribution < -0.4 is 14.9 Å². The van der Waals surface area contributed by atoms with E-state index in [0.717, 1.165) is 24.2 Å². The summed E-state index contributed by atoms with van der Waals surface area (Å²) in [7, 11) is -3.83. The highest BCUT2D eigenvalue weighted by molar-refractivity contribution is 7.89. The monoisotopic (exact) mass is 511 g/mol. The quantitative estimate of drug-likeness (QED) is 0.524. The molecule has 13 heteroatoms. The zero-order valence-corrected chi connectivity index (χ0v) is 20.9. The van der Waals surface area contributed by atoms with Crippen LogP contribution in [0.4, 0.5) is 14.5 Å². The maximum Gasteiger partial charge on any atom is 0.291 e. The number of anilines is 1. The van der Waals surface area contributed by atoms with Crippen molar-refractivity contribution in [3.63, 3.8) is 0 Å². The lowest BCUT2D eigenvalue weighted by atomic mass is 10.0. The fourth-order valence-electron chi connectivity index (χ4n) is 4.37. The molecule has 34 heavy (non-hydrogen) atoms. The Labute approximate surface area is 200 Å². The Morgan fingerprint density at radius 1 is 1.26 bits per heavy atom. The first kappa shape index (κ1) is 23.5. The molecule has 4 heterocycles. The van der Waals surface area contributed by atoms with Gasteiger partial charge in [-0.2, -0.15) is 0 Å². The minimum absolute atomic E-state index is 0.0807. The summed E-state index contributed by atoms with van der Waals surface area (Å²) in [5.41, 5.74) is 0.949. The Kier molecular flexibility index (Phi) is 5.66. The van der Waals surface area contributed by atoms with Gasteiger partial charge in [0.25, 0.3) is 6.43 Å². The summed E-state index contributed by atoms with van der Waals surface area (Å²) < 4.78 is 57.4. The molecular weight excluding hydrogens is 484 g/mol. The van der Waals surface area contributed by atoms with E-state index in [2.05, 4.69) is 50.9 Å². The smallest absolute Gasteiger partial charge is 0.291 e. The third kappa shape index (κ3) is 4.18. The van der Waals surface area contributed by atoms with Gasteiger partial charge in [-0.15, -0.1) is 10.2 Å². The minimum atomic E-state index is -3.83. The number of rotatable bonds is 6.